The summed E-state index contributed by atoms with van der Waals surface area (Å²) in [4.78, 5) is 24.0. The van der Waals surface area contributed by atoms with Gasteiger partial charge >= 0.3 is 5.97 Å². The van der Waals surface area contributed by atoms with Gasteiger partial charge in [0, 0.05) is 19.0 Å². The minimum atomic E-state index is -0.510. The van der Waals surface area contributed by atoms with Gasteiger partial charge in [0.25, 0.3) is 0 Å². The van der Waals surface area contributed by atoms with Gasteiger partial charge in [0.15, 0.2) is 0 Å². The van der Waals surface area contributed by atoms with Gasteiger partial charge in [-0.2, -0.15) is 0 Å². The van der Waals surface area contributed by atoms with Crippen molar-refractivity contribution in [3.05, 3.63) is 0 Å². The van der Waals surface area contributed by atoms with E-state index in [1.807, 2.05) is 13.8 Å². The van der Waals surface area contributed by atoms with Crippen molar-refractivity contribution in [1.29, 1.82) is 0 Å². The molecule has 1 fully saturated rings. The molecule has 4 N–H and O–H groups in total. The van der Waals surface area contributed by atoms with Crippen LogP contribution in [0.25, 0.3) is 0 Å². The fourth-order valence-electron chi connectivity index (χ4n) is 2.44. The van der Waals surface area contributed by atoms with Gasteiger partial charge < -0.3 is 21.1 Å². The van der Waals surface area contributed by atoms with Crippen molar-refractivity contribution in [3.63, 3.8) is 0 Å². The molecule has 22 heavy (non-hydrogen) atoms. The first-order chi connectivity index (χ1) is 10.4. The van der Waals surface area contributed by atoms with Crippen molar-refractivity contribution in [2.45, 2.75) is 65.1 Å². The predicted molar refractivity (Wildman–Crippen MR) is 86.2 cm³/mol. The van der Waals surface area contributed by atoms with E-state index >= 15 is 0 Å². The molecule has 0 aromatic carbocycles. The Hall–Kier alpha value is -1.14. The Balaban J connectivity index is 2.59. The smallest absolute Gasteiger partial charge is 0.328 e. The predicted octanol–water partition coefficient (Wildman–Crippen LogP) is 0.796. The average Bonchev–Trinajstić information content (AvgIpc) is 2.91. The number of esters is 1. The third-order valence-electron chi connectivity index (χ3n) is 4.70. The highest BCUT2D eigenvalue weighted by atomic mass is 16.5. The third-order valence-corrected chi connectivity index (χ3v) is 4.70. The molecule has 1 saturated heterocycles. The Bertz CT molecular complexity index is 376. The lowest BCUT2D eigenvalue weighted by molar-refractivity contribution is -0.141. The number of nitrogens with one attached hydrogen (secondary N) is 2. The minimum absolute atomic E-state index is 0.0146. The molecule has 0 aromatic heterocycles. The summed E-state index contributed by atoms with van der Waals surface area (Å²) in [5, 5.41) is 6.08. The van der Waals surface area contributed by atoms with Crippen molar-refractivity contribution in [2.75, 3.05) is 13.2 Å². The lowest BCUT2D eigenvalue weighted by Gasteiger charge is -2.27. The van der Waals surface area contributed by atoms with E-state index in [-0.39, 0.29) is 29.9 Å². The topological polar surface area (TPSA) is 93.4 Å². The Labute approximate surface area is 133 Å². The number of nitrogens with two attached hydrogens (primary N) is 1. The number of hydrogen-bond acceptors (Lipinski definition) is 5. The van der Waals surface area contributed by atoms with E-state index in [0.717, 1.165) is 12.8 Å². The van der Waals surface area contributed by atoms with Crippen molar-refractivity contribution in [3.8, 4) is 0 Å². The van der Waals surface area contributed by atoms with E-state index in [2.05, 4.69) is 24.5 Å². The summed E-state index contributed by atoms with van der Waals surface area (Å²) in [5.74, 6) is 0.0848. The summed E-state index contributed by atoms with van der Waals surface area (Å²) < 4.78 is 4.88. The minimum Gasteiger partial charge on any atom is -0.464 e. The van der Waals surface area contributed by atoms with Crippen LogP contribution in [0.3, 0.4) is 0 Å². The summed E-state index contributed by atoms with van der Waals surface area (Å²) in [5.41, 5.74) is 6.14. The van der Waals surface area contributed by atoms with Crippen LogP contribution in [-0.4, -0.2) is 43.2 Å². The second kappa shape index (κ2) is 9.10. The number of carbonyl (C=O) groups is 2. The standard InChI is InChI=1S/C16H31N3O3/c1-5-10(3)12(17)9-18-14(11(4)6-2)15(20)19-13-7-8-22-16(13)21/h10-14,18H,5-9,17H2,1-4H3,(H,19,20)/t10?,11-,12?,13?,14-/m0/s1. The highest BCUT2D eigenvalue weighted by Gasteiger charge is 2.32. The van der Waals surface area contributed by atoms with Gasteiger partial charge in [0.1, 0.15) is 6.04 Å². The van der Waals surface area contributed by atoms with Gasteiger partial charge in [-0.15, -0.1) is 0 Å². The van der Waals surface area contributed by atoms with Crippen LogP contribution in [-0.2, 0) is 14.3 Å². The second-order valence-corrected chi connectivity index (χ2v) is 6.34. The second-order valence-electron chi connectivity index (χ2n) is 6.34. The zero-order valence-corrected chi connectivity index (χ0v) is 14.2. The number of amides is 1. The van der Waals surface area contributed by atoms with Gasteiger partial charge in [-0.1, -0.05) is 40.5 Å². The monoisotopic (exact) mass is 313 g/mol. The van der Waals surface area contributed by atoms with E-state index in [1.165, 1.54) is 0 Å². The van der Waals surface area contributed by atoms with E-state index < -0.39 is 6.04 Å². The zero-order valence-electron chi connectivity index (χ0n) is 14.2. The van der Waals surface area contributed by atoms with Crippen LogP contribution in [0, 0.1) is 11.8 Å². The number of carbonyl (C=O) groups excluding carboxylic acids is 2. The SMILES string of the molecule is CCC(C)C(N)CN[C@H](C(=O)NC1CCOC1=O)[C@@H](C)CC. The highest BCUT2D eigenvalue weighted by molar-refractivity contribution is 5.88. The van der Waals surface area contributed by atoms with E-state index in [4.69, 9.17) is 10.5 Å². The maximum absolute atomic E-state index is 12.5. The Morgan fingerprint density at radius 3 is 2.45 bits per heavy atom. The molecule has 1 amide bonds. The fraction of sp³-hybridized carbons (Fsp3) is 0.875. The Morgan fingerprint density at radius 2 is 1.95 bits per heavy atom. The van der Waals surface area contributed by atoms with Crippen molar-refractivity contribution in [2.24, 2.45) is 17.6 Å². The van der Waals surface area contributed by atoms with Crippen LogP contribution < -0.4 is 16.4 Å². The number of hydrogen-bond donors (Lipinski definition) is 3. The first-order valence-electron chi connectivity index (χ1n) is 8.36. The first-order valence-corrected chi connectivity index (χ1v) is 8.36. The summed E-state index contributed by atoms with van der Waals surface area (Å²) in [6.07, 6.45) is 2.43. The van der Waals surface area contributed by atoms with Crippen molar-refractivity contribution < 1.29 is 14.3 Å². The number of rotatable bonds is 9. The quantitative estimate of drug-likeness (QED) is 0.547. The van der Waals surface area contributed by atoms with Crippen LogP contribution in [0.15, 0.2) is 0 Å². The van der Waals surface area contributed by atoms with Gasteiger partial charge in [-0.05, 0) is 11.8 Å². The van der Waals surface area contributed by atoms with E-state index in [1.54, 1.807) is 0 Å². The molecule has 1 aliphatic rings. The van der Waals surface area contributed by atoms with Crippen LogP contribution in [0.4, 0.5) is 0 Å². The molecule has 0 bridgehead atoms. The summed E-state index contributed by atoms with van der Waals surface area (Å²) in [6, 6.07) is -0.835. The zero-order chi connectivity index (χ0) is 16.7. The maximum Gasteiger partial charge on any atom is 0.328 e. The maximum atomic E-state index is 12.5. The summed E-state index contributed by atoms with van der Waals surface area (Å²) in [6.45, 7) is 9.26. The molecular formula is C16H31N3O3. The fourth-order valence-corrected chi connectivity index (χ4v) is 2.44. The molecule has 3 unspecified atom stereocenters. The van der Waals surface area contributed by atoms with Crippen molar-refractivity contribution >= 4 is 11.9 Å². The molecule has 0 spiro atoms. The lowest BCUT2D eigenvalue weighted by Crippen LogP contribution is -2.54. The lowest BCUT2D eigenvalue weighted by atomic mass is 9.95. The number of ether oxygens (including phenoxy) is 1. The van der Waals surface area contributed by atoms with Crippen molar-refractivity contribution in [1.82, 2.24) is 10.6 Å². The molecule has 1 aliphatic heterocycles. The Morgan fingerprint density at radius 1 is 1.32 bits per heavy atom. The van der Waals surface area contributed by atoms with Gasteiger partial charge in [0.2, 0.25) is 5.91 Å². The van der Waals surface area contributed by atoms with Crippen LogP contribution in [0.2, 0.25) is 0 Å². The summed E-state index contributed by atoms with van der Waals surface area (Å²) >= 11 is 0. The Kier molecular flexibility index (Phi) is 7.82. The molecule has 0 aliphatic carbocycles. The normalized spacial score (nSPS) is 23.5. The molecular weight excluding hydrogens is 282 g/mol. The molecule has 0 saturated carbocycles. The van der Waals surface area contributed by atoms with Gasteiger partial charge in [0.05, 0.1) is 12.6 Å². The molecule has 6 nitrogen and oxygen atoms in total. The molecule has 5 atom stereocenters. The molecule has 0 radical (unpaired) electrons. The van der Waals surface area contributed by atoms with E-state index in [0.29, 0.717) is 25.5 Å². The highest BCUT2D eigenvalue weighted by Crippen LogP contribution is 2.12. The molecule has 1 rings (SSSR count). The van der Waals surface area contributed by atoms with Crippen LogP contribution >= 0.6 is 0 Å². The van der Waals surface area contributed by atoms with E-state index in [9.17, 15) is 9.59 Å². The first kappa shape index (κ1) is 18.9. The number of cyclic esters (lactones) is 1. The average molecular weight is 313 g/mol. The third kappa shape index (κ3) is 5.25. The molecule has 0 aromatic rings. The van der Waals surface area contributed by atoms with Gasteiger partial charge in [-0.3, -0.25) is 4.79 Å². The molecule has 128 valence electrons. The summed E-state index contributed by atoms with van der Waals surface area (Å²) in [7, 11) is 0. The van der Waals surface area contributed by atoms with Crippen LogP contribution in [0.1, 0.15) is 47.0 Å². The largest absolute Gasteiger partial charge is 0.464 e. The van der Waals surface area contributed by atoms with Crippen LogP contribution in [0.5, 0.6) is 0 Å². The molecule has 1 heterocycles. The van der Waals surface area contributed by atoms with Gasteiger partial charge in [-0.25, -0.2) is 4.79 Å². The molecule has 6 heteroatoms.